The SMILES string of the molecule is CC[N+](CC)(CC)CC.FC(F)(F)C#CC(F)(F)F.[Br-].[Br-].[Br-].[Br-].[Nb+3].c1ccncc1. The van der Waals surface area contributed by atoms with Crippen LogP contribution in [0.2, 0.25) is 0 Å². The van der Waals surface area contributed by atoms with Gasteiger partial charge in [-0.25, -0.2) is 0 Å². The molecule has 0 N–H and O–H groups in total. The van der Waals surface area contributed by atoms with E-state index in [1.54, 1.807) is 12.4 Å². The first-order valence-corrected chi connectivity index (χ1v) is 7.83. The Morgan fingerprint density at radius 2 is 0.900 bits per heavy atom. The fraction of sp³-hybridized carbons (Fsp3) is 0.588. The molecular weight excluding hydrogens is 759 g/mol. The maximum Gasteiger partial charge on any atom is 3.00 e. The van der Waals surface area contributed by atoms with E-state index in [2.05, 4.69) is 32.7 Å². The van der Waals surface area contributed by atoms with Crippen LogP contribution in [-0.2, 0) is 22.4 Å². The summed E-state index contributed by atoms with van der Waals surface area (Å²) in [7, 11) is 0. The van der Waals surface area contributed by atoms with Gasteiger partial charge in [0, 0.05) is 24.2 Å². The van der Waals surface area contributed by atoms with E-state index in [0.29, 0.717) is 0 Å². The third-order valence-electron chi connectivity index (χ3n) is 3.60. The normalized spacial score (nSPS) is 9.27. The molecule has 0 aliphatic heterocycles. The fourth-order valence-electron chi connectivity index (χ4n) is 1.80. The zero-order chi connectivity index (χ0) is 20.0. The van der Waals surface area contributed by atoms with Crippen molar-refractivity contribution in [1.82, 2.24) is 4.98 Å². The van der Waals surface area contributed by atoms with Gasteiger partial charge in [0.05, 0.1) is 26.2 Å². The standard InChI is InChI=1S/C8H20N.C5H5N.C4F6.4BrH.Nb/c1-5-9(6-2,7-3)8-4;1-2-4-6-5-3-1;5-3(6,7)1-2-4(8,9)10;;;;;/h5-8H2,1-4H3;1-5H;;4*1H;/q+1;;;;;;;+3/p-4. The Labute approximate surface area is 233 Å². The van der Waals surface area contributed by atoms with Gasteiger partial charge >= 0.3 is 34.7 Å². The molecule has 13 heteroatoms. The van der Waals surface area contributed by atoms with Crippen LogP contribution in [0.5, 0.6) is 0 Å². The molecule has 0 radical (unpaired) electrons. The molecule has 178 valence electrons. The minimum Gasteiger partial charge on any atom is -1.00 e. The van der Waals surface area contributed by atoms with E-state index >= 15 is 0 Å². The Kier molecular flexibility index (Phi) is 42.2. The molecule has 0 spiro atoms. The fourth-order valence-corrected chi connectivity index (χ4v) is 1.80. The van der Waals surface area contributed by atoms with Gasteiger partial charge in [0.1, 0.15) is 0 Å². The number of quaternary nitrogens is 1. The van der Waals surface area contributed by atoms with Gasteiger partial charge in [0.25, 0.3) is 0 Å². The second-order valence-corrected chi connectivity index (χ2v) is 4.88. The summed E-state index contributed by atoms with van der Waals surface area (Å²) in [5, 5.41) is 0. The van der Waals surface area contributed by atoms with Gasteiger partial charge in [-0.1, -0.05) is 6.07 Å². The third kappa shape index (κ3) is 33.5. The summed E-state index contributed by atoms with van der Waals surface area (Å²) in [5.74, 6) is 0.174. The molecule has 0 aromatic carbocycles. The smallest absolute Gasteiger partial charge is 1.00 e. The predicted molar refractivity (Wildman–Crippen MR) is 86.5 cm³/mol. The number of pyridine rings is 1. The van der Waals surface area contributed by atoms with Crippen molar-refractivity contribution in [1.29, 1.82) is 0 Å². The topological polar surface area (TPSA) is 12.9 Å². The quantitative estimate of drug-likeness (QED) is 0.128. The van der Waals surface area contributed by atoms with Crippen molar-refractivity contribution >= 4 is 0 Å². The molecule has 0 fully saturated rings. The molecule has 1 heterocycles. The molecule has 0 unspecified atom stereocenters. The monoisotopic (exact) mass is 780 g/mol. The van der Waals surface area contributed by atoms with Crippen LogP contribution < -0.4 is 67.9 Å². The van der Waals surface area contributed by atoms with Gasteiger partial charge in [0.2, 0.25) is 0 Å². The summed E-state index contributed by atoms with van der Waals surface area (Å²) >= 11 is 0. The number of aromatic nitrogens is 1. The second-order valence-electron chi connectivity index (χ2n) is 4.88. The van der Waals surface area contributed by atoms with E-state index in [-0.39, 0.29) is 102 Å². The average Bonchev–Trinajstić information content (AvgIpc) is 2.57. The van der Waals surface area contributed by atoms with Crippen LogP contribution >= 0.6 is 0 Å². The summed E-state index contributed by atoms with van der Waals surface area (Å²) in [6.45, 7) is 14.2. The number of hydrogen-bond acceptors (Lipinski definition) is 1. The minimum absolute atomic E-state index is 0. The van der Waals surface area contributed by atoms with Crippen molar-refractivity contribution in [2.75, 3.05) is 26.2 Å². The van der Waals surface area contributed by atoms with Crippen molar-refractivity contribution in [3.63, 3.8) is 0 Å². The summed E-state index contributed by atoms with van der Waals surface area (Å²) < 4.78 is 66.8. The summed E-state index contributed by atoms with van der Waals surface area (Å²) in [5.41, 5.74) is 0. The van der Waals surface area contributed by atoms with E-state index in [4.69, 9.17) is 0 Å². The largest absolute Gasteiger partial charge is 3.00 e. The molecule has 2 nitrogen and oxygen atoms in total. The van der Waals surface area contributed by atoms with Crippen LogP contribution in [-0.4, -0.2) is 48.0 Å². The van der Waals surface area contributed by atoms with Crippen LogP contribution in [0.4, 0.5) is 26.3 Å². The second kappa shape index (κ2) is 26.2. The van der Waals surface area contributed by atoms with Gasteiger partial charge in [0.15, 0.2) is 0 Å². The van der Waals surface area contributed by atoms with E-state index in [9.17, 15) is 26.3 Å². The first-order chi connectivity index (χ1) is 11.4. The van der Waals surface area contributed by atoms with Gasteiger partial charge in [-0.05, 0) is 39.8 Å². The maximum atomic E-state index is 10.9. The van der Waals surface area contributed by atoms with E-state index in [1.807, 2.05) is 18.2 Å². The number of hydrogen-bond donors (Lipinski definition) is 0. The minimum atomic E-state index is -5.07. The molecule has 30 heavy (non-hydrogen) atoms. The van der Waals surface area contributed by atoms with Crippen molar-refractivity contribution in [3.05, 3.63) is 30.6 Å². The summed E-state index contributed by atoms with van der Waals surface area (Å²) in [6, 6.07) is 5.72. The van der Waals surface area contributed by atoms with Crippen molar-refractivity contribution < 1.29 is 121 Å². The van der Waals surface area contributed by atoms with E-state index in [0.717, 1.165) is 0 Å². The Morgan fingerprint density at radius 1 is 0.633 bits per heavy atom. The number of rotatable bonds is 4. The van der Waals surface area contributed by atoms with Crippen LogP contribution in [0.15, 0.2) is 30.6 Å². The zero-order valence-electron chi connectivity index (χ0n) is 16.8. The van der Waals surface area contributed by atoms with Gasteiger partial charge in [-0.2, -0.15) is 26.3 Å². The zero-order valence-corrected chi connectivity index (χ0v) is 25.4. The number of halogens is 10. The molecule has 0 saturated carbocycles. The van der Waals surface area contributed by atoms with E-state index in [1.165, 1.54) is 30.7 Å². The molecule has 1 aromatic heterocycles. The molecule has 0 aliphatic carbocycles. The summed E-state index contributed by atoms with van der Waals surface area (Å²) in [4.78, 5) is 3.78. The molecule has 0 saturated heterocycles. The predicted octanol–water partition coefficient (Wildman–Crippen LogP) is -6.91. The first kappa shape index (κ1) is 48.4. The third-order valence-corrected chi connectivity index (χ3v) is 3.60. The molecule has 1 aromatic rings. The molecule has 0 aliphatic rings. The van der Waals surface area contributed by atoms with Crippen molar-refractivity contribution in [2.24, 2.45) is 0 Å². The van der Waals surface area contributed by atoms with Crippen LogP contribution in [0.25, 0.3) is 0 Å². The number of alkyl halides is 6. The van der Waals surface area contributed by atoms with Crippen LogP contribution in [0.3, 0.4) is 0 Å². The Bertz CT molecular complexity index is 443. The number of nitrogens with zero attached hydrogens (tertiary/aromatic N) is 2. The van der Waals surface area contributed by atoms with E-state index < -0.39 is 12.4 Å². The van der Waals surface area contributed by atoms with Gasteiger partial charge in [-0.15, -0.1) is 0 Å². The van der Waals surface area contributed by atoms with Crippen LogP contribution in [0, 0.1) is 11.8 Å². The molecule has 0 atom stereocenters. The Hall–Kier alpha value is 0.910. The maximum absolute atomic E-state index is 10.9. The molecule has 0 bridgehead atoms. The van der Waals surface area contributed by atoms with Gasteiger partial charge in [-0.3, -0.25) is 4.98 Å². The average molecular weight is 784 g/mol. The van der Waals surface area contributed by atoms with Crippen molar-refractivity contribution in [3.8, 4) is 11.8 Å². The Balaban J connectivity index is -0.0000000497. The molecule has 1 rings (SSSR count). The van der Waals surface area contributed by atoms with Crippen LogP contribution in [0.1, 0.15) is 27.7 Å². The van der Waals surface area contributed by atoms with Gasteiger partial charge < -0.3 is 72.4 Å². The summed E-state index contributed by atoms with van der Waals surface area (Å²) in [6.07, 6.45) is -6.65. The molecular formula is C17H25Br4F6N2Nb. The van der Waals surface area contributed by atoms with Crippen molar-refractivity contribution in [2.45, 2.75) is 40.0 Å². The first-order valence-electron chi connectivity index (χ1n) is 7.83. The Morgan fingerprint density at radius 3 is 0.967 bits per heavy atom. The molecule has 0 amide bonds.